The Morgan fingerprint density at radius 1 is 1.04 bits per heavy atom. The summed E-state index contributed by atoms with van der Waals surface area (Å²) in [6.45, 7) is 8.55. The molecule has 142 valence electrons. The van der Waals surface area contributed by atoms with Crippen LogP contribution in [0.2, 0.25) is 0 Å². The maximum atomic E-state index is 13.0. The van der Waals surface area contributed by atoms with E-state index in [4.69, 9.17) is 0 Å². The van der Waals surface area contributed by atoms with Crippen LogP contribution < -0.4 is 5.32 Å². The molecule has 1 aromatic heterocycles. The monoisotopic (exact) mass is 379 g/mol. The summed E-state index contributed by atoms with van der Waals surface area (Å²) in [5.74, 6) is -0.196. The number of likely N-dealkylation sites (tertiary alicyclic amines) is 1. The molecule has 2 aromatic rings. The average Bonchev–Trinajstić information content (AvgIpc) is 3.28. The molecule has 1 N–H and O–H groups in total. The van der Waals surface area contributed by atoms with Gasteiger partial charge < -0.3 is 5.32 Å². The van der Waals surface area contributed by atoms with Gasteiger partial charge in [-0.2, -0.15) is 5.10 Å². The maximum Gasteiger partial charge on any atom is 0.123 e. The molecule has 2 aliphatic heterocycles. The van der Waals surface area contributed by atoms with E-state index in [2.05, 4.69) is 26.4 Å². The first-order chi connectivity index (χ1) is 12.3. The van der Waals surface area contributed by atoms with Crippen molar-refractivity contribution < 1.29 is 4.39 Å². The summed E-state index contributed by atoms with van der Waals surface area (Å²) in [4.78, 5) is 5.17. The number of piperazine rings is 1. The van der Waals surface area contributed by atoms with E-state index in [1.807, 2.05) is 23.0 Å². The van der Waals surface area contributed by atoms with E-state index < -0.39 is 0 Å². The van der Waals surface area contributed by atoms with Gasteiger partial charge in [-0.05, 0) is 24.1 Å². The summed E-state index contributed by atoms with van der Waals surface area (Å²) >= 11 is 0. The summed E-state index contributed by atoms with van der Waals surface area (Å²) < 4.78 is 14.9. The van der Waals surface area contributed by atoms with Crippen molar-refractivity contribution in [1.29, 1.82) is 0 Å². The molecule has 26 heavy (non-hydrogen) atoms. The zero-order valence-electron chi connectivity index (χ0n) is 15.0. The quantitative estimate of drug-likeness (QED) is 0.861. The molecule has 1 unspecified atom stereocenters. The molecule has 0 radical (unpaired) electrons. The second kappa shape index (κ2) is 8.95. The van der Waals surface area contributed by atoms with Gasteiger partial charge in [0.05, 0.1) is 12.7 Å². The van der Waals surface area contributed by atoms with Crippen molar-refractivity contribution in [3.63, 3.8) is 0 Å². The first-order valence-corrected chi connectivity index (χ1v) is 9.19. The molecule has 5 nitrogen and oxygen atoms in total. The van der Waals surface area contributed by atoms with Gasteiger partial charge in [-0.3, -0.25) is 14.5 Å². The Hall–Kier alpha value is -1.47. The maximum absolute atomic E-state index is 13.0. The van der Waals surface area contributed by atoms with Gasteiger partial charge in [0.25, 0.3) is 0 Å². The average molecular weight is 380 g/mol. The van der Waals surface area contributed by atoms with Crippen LogP contribution in [-0.2, 0) is 13.1 Å². The van der Waals surface area contributed by atoms with E-state index in [0.29, 0.717) is 12.6 Å². The fourth-order valence-corrected chi connectivity index (χ4v) is 3.91. The van der Waals surface area contributed by atoms with Crippen LogP contribution in [-0.4, -0.2) is 64.9 Å². The van der Waals surface area contributed by atoms with Gasteiger partial charge in [0.1, 0.15) is 5.82 Å². The zero-order chi connectivity index (χ0) is 17.1. The molecule has 0 amide bonds. The highest BCUT2D eigenvalue weighted by Crippen LogP contribution is 2.18. The molecular formula is C19H27ClFN5. The van der Waals surface area contributed by atoms with Crippen LogP contribution in [0.1, 0.15) is 17.5 Å². The Bertz CT molecular complexity index is 683. The number of rotatable bonds is 5. The van der Waals surface area contributed by atoms with Crippen molar-refractivity contribution >= 4 is 12.4 Å². The molecule has 2 saturated heterocycles. The summed E-state index contributed by atoms with van der Waals surface area (Å²) in [6.07, 6.45) is 5.34. The van der Waals surface area contributed by atoms with E-state index in [-0.39, 0.29) is 18.2 Å². The molecule has 1 atom stereocenters. The highest BCUT2D eigenvalue weighted by molar-refractivity contribution is 5.85. The van der Waals surface area contributed by atoms with Gasteiger partial charge in [0.15, 0.2) is 0 Å². The van der Waals surface area contributed by atoms with Gasteiger partial charge >= 0.3 is 0 Å². The van der Waals surface area contributed by atoms with E-state index in [1.54, 1.807) is 0 Å². The highest BCUT2D eigenvalue weighted by Gasteiger charge is 2.28. The number of aromatic nitrogens is 2. The zero-order valence-corrected chi connectivity index (χ0v) is 15.8. The normalized spacial score (nSPS) is 21.7. The van der Waals surface area contributed by atoms with E-state index >= 15 is 0 Å². The van der Waals surface area contributed by atoms with Crippen molar-refractivity contribution in [3.05, 3.63) is 53.6 Å². The third-order valence-electron chi connectivity index (χ3n) is 5.27. The van der Waals surface area contributed by atoms with Crippen LogP contribution in [0.15, 0.2) is 36.7 Å². The minimum atomic E-state index is -0.196. The first-order valence-electron chi connectivity index (χ1n) is 9.19. The smallest absolute Gasteiger partial charge is 0.123 e. The molecule has 2 aliphatic rings. The Kier molecular flexibility index (Phi) is 6.64. The van der Waals surface area contributed by atoms with Crippen LogP contribution in [0.4, 0.5) is 4.39 Å². The summed E-state index contributed by atoms with van der Waals surface area (Å²) in [5, 5.41) is 7.89. The lowest BCUT2D eigenvalue weighted by atomic mass is 10.2. The molecular weight excluding hydrogens is 353 g/mol. The predicted octanol–water partition coefficient (Wildman–Crippen LogP) is 1.97. The molecule has 0 aliphatic carbocycles. The number of nitrogens with zero attached hydrogens (tertiary/aromatic N) is 4. The Labute approximate surface area is 160 Å². The van der Waals surface area contributed by atoms with Gasteiger partial charge in [-0.25, -0.2) is 4.39 Å². The minimum Gasteiger partial charge on any atom is -0.314 e. The molecule has 0 saturated carbocycles. The summed E-state index contributed by atoms with van der Waals surface area (Å²) in [6, 6.07) is 7.33. The summed E-state index contributed by atoms with van der Waals surface area (Å²) in [7, 11) is 0. The van der Waals surface area contributed by atoms with Crippen molar-refractivity contribution in [3.8, 4) is 0 Å². The van der Waals surface area contributed by atoms with Crippen LogP contribution in [0.3, 0.4) is 0 Å². The van der Waals surface area contributed by atoms with Crippen LogP contribution >= 0.6 is 12.4 Å². The lowest BCUT2D eigenvalue weighted by Gasteiger charge is -2.32. The second-order valence-corrected chi connectivity index (χ2v) is 7.14. The number of halogens is 2. The molecule has 4 rings (SSSR count). The molecule has 3 heterocycles. The van der Waals surface area contributed by atoms with Crippen LogP contribution in [0.25, 0.3) is 0 Å². The van der Waals surface area contributed by atoms with E-state index in [0.717, 1.165) is 38.3 Å². The lowest BCUT2D eigenvalue weighted by molar-refractivity contribution is 0.170. The van der Waals surface area contributed by atoms with Gasteiger partial charge in [-0.1, -0.05) is 12.1 Å². The fourth-order valence-electron chi connectivity index (χ4n) is 3.91. The Morgan fingerprint density at radius 2 is 1.81 bits per heavy atom. The van der Waals surface area contributed by atoms with E-state index in [9.17, 15) is 4.39 Å². The Morgan fingerprint density at radius 3 is 2.58 bits per heavy atom. The molecule has 7 heteroatoms. The third kappa shape index (κ3) is 4.82. The van der Waals surface area contributed by atoms with Gasteiger partial charge in [0, 0.05) is 63.6 Å². The largest absolute Gasteiger partial charge is 0.314 e. The number of hydrogen-bond acceptors (Lipinski definition) is 4. The molecule has 0 bridgehead atoms. The lowest BCUT2D eigenvalue weighted by Crippen LogP contribution is -2.49. The number of benzene rings is 1. The molecule has 2 fully saturated rings. The van der Waals surface area contributed by atoms with E-state index in [1.165, 1.54) is 37.2 Å². The second-order valence-electron chi connectivity index (χ2n) is 7.14. The van der Waals surface area contributed by atoms with Crippen molar-refractivity contribution in [2.24, 2.45) is 0 Å². The standard InChI is InChI=1S/C19H26FN5.ClH/c20-18-3-1-16(2-4-18)13-25-14-17(11-22-25)12-23-8-5-19(15-23)24-9-6-21-7-10-24;/h1-4,11,14,19,21H,5-10,12-13,15H2;1H. The SMILES string of the molecule is Cl.Fc1ccc(Cn2cc(CN3CCC(N4CCNCC4)C3)cn2)cc1. The minimum absolute atomic E-state index is 0. The first kappa shape index (κ1) is 19.3. The number of hydrogen-bond donors (Lipinski definition) is 1. The molecule has 0 spiro atoms. The number of nitrogens with one attached hydrogen (secondary N) is 1. The summed E-state index contributed by atoms with van der Waals surface area (Å²) in [5.41, 5.74) is 2.32. The van der Waals surface area contributed by atoms with Gasteiger partial charge in [-0.15, -0.1) is 12.4 Å². The van der Waals surface area contributed by atoms with Crippen LogP contribution in [0, 0.1) is 5.82 Å². The van der Waals surface area contributed by atoms with Crippen molar-refractivity contribution in [2.75, 3.05) is 39.3 Å². The highest BCUT2D eigenvalue weighted by atomic mass is 35.5. The van der Waals surface area contributed by atoms with Crippen molar-refractivity contribution in [1.82, 2.24) is 24.9 Å². The third-order valence-corrected chi connectivity index (χ3v) is 5.27. The molecule has 1 aromatic carbocycles. The Balaban J connectivity index is 0.00000196. The predicted molar refractivity (Wildman–Crippen MR) is 103 cm³/mol. The van der Waals surface area contributed by atoms with Crippen molar-refractivity contribution in [2.45, 2.75) is 25.6 Å². The topological polar surface area (TPSA) is 36.3 Å². The van der Waals surface area contributed by atoms with Crippen LogP contribution in [0.5, 0.6) is 0 Å². The fraction of sp³-hybridized carbons (Fsp3) is 0.526. The van der Waals surface area contributed by atoms with Gasteiger partial charge in [0.2, 0.25) is 0 Å².